The third-order valence-corrected chi connectivity index (χ3v) is 3.68. The highest BCUT2D eigenvalue weighted by molar-refractivity contribution is 5.86. The highest BCUT2D eigenvalue weighted by Gasteiger charge is 2.03. The van der Waals surface area contributed by atoms with Crippen molar-refractivity contribution in [2.45, 2.75) is 6.42 Å². The molecular weight excluding hydrogens is 332 g/mol. The molecule has 0 aliphatic heterocycles. The number of carbonyl (C=O) groups is 1. The maximum Gasteiger partial charge on any atom is 0.239 e. The van der Waals surface area contributed by atoms with E-state index in [-0.39, 0.29) is 12.5 Å². The number of nitrogens with zero attached hydrogens (tertiary/aromatic N) is 3. The van der Waals surface area contributed by atoms with Crippen LogP contribution in [-0.2, 0) is 16.0 Å². The van der Waals surface area contributed by atoms with Crippen molar-refractivity contribution in [3.63, 3.8) is 0 Å². The molecule has 1 aromatic carbocycles. The molecule has 0 aliphatic carbocycles. The minimum Gasteiger partial charge on any atom is -0.383 e. The second kappa shape index (κ2) is 10.9. The molecular formula is C18H26N6O2. The molecule has 1 aromatic heterocycles. The highest BCUT2D eigenvalue weighted by atomic mass is 16.5. The quantitative estimate of drug-likeness (QED) is 0.342. The zero-order valence-electron chi connectivity index (χ0n) is 15.2. The van der Waals surface area contributed by atoms with Gasteiger partial charge in [0.25, 0.3) is 0 Å². The summed E-state index contributed by atoms with van der Waals surface area (Å²) in [4.78, 5) is 15.8. The van der Waals surface area contributed by atoms with E-state index in [4.69, 9.17) is 4.74 Å². The van der Waals surface area contributed by atoms with Crippen LogP contribution in [0.25, 0.3) is 5.69 Å². The zero-order chi connectivity index (χ0) is 18.6. The molecule has 2 rings (SSSR count). The maximum atomic E-state index is 11.6. The zero-order valence-corrected chi connectivity index (χ0v) is 15.2. The Hall–Kier alpha value is -2.87. The van der Waals surface area contributed by atoms with Crippen molar-refractivity contribution < 1.29 is 9.53 Å². The van der Waals surface area contributed by atoms with E-state index in [0.717, 1.165) is 12.1 Å². The van der Waals surface area contributed by atoms with Gasteiger partial charge in [0, 0.05) is 39.6 Å². The Morgan fingerprint density at radius 1 is 1.19 bits per heavy atom. The summed E-state index contributed by atoms with van der Waals surface area (Å²) in [5.74, 6) is 0.499. The smallest absolute Gasteiger partial charge is 0.239 e. The number of amides is 1. The van der Waals surface area contributed by atoms with E-state index in [1.807, 2.05) is 29.1 Å². The topological polar surface area (TPSA) is 92.6 Å². The van der Waals surface area contributed by atoms with E-state index >= 15 is 0 Å². The number of aromatic nitrogens is 2. The molecule has 0 unspecified atom stereocenters. The summed E-state index contributed by atoms with van der Waals surface area (Å²) in [5.41, 5.74) is 2.24. The van der Waals surface area contributed by atoms with Gasteiger partial charge in [-0.15, -0.1) is 0 Å². The first-order valence-electron chi connectivity index (χ1n) is 8.52. The number of methoxy groups -OCH3 is 1. The molecule has 8 heteroatoms. The summed E-state index contributed by atoms with van der Waals surface area (Å²) in [5, 5.41) is 13.1. The van der Waals surface area contributed by atoms with Gasteiger partial charge < -0.3 is 20.7 Å². The van der Waals surface area contributed by atoms with E-state index in [2.05, 4.69) is 38.2 Å². The van der Waals surface area contributed by atoms with Gasteiger partial charge in [0.15, 0.2) is 5.96 Å². The molecule has 0 saturated carbocycles. The Balaban J connectivity index is 1.69. The molecule has 0 atom stereocenters. The van der Waals surface area contributed by atoms with Crippen molar-refractivity contribution >= 4 is 11.9 Å². The van der Waals surface area contributed by atoms with E-state index in [9.17, 15) is 4.79 Å². The van der Waals surface area contributed by atoms with Crippen LogP contribution in [0.5, 0.6) is 0 Å². The second-order valence-electron chi connectivity index (χ2n) is 5.56. The van der Waals surface area contributed by atoms with E-state index in [1.54, 1.807) is 20.4 Å². The highest BCUT2D eigenvalue weighted by Crippen LogP contribution is 2.08. The lowest BCUT2D eigenvalue weighted by Crippen LogP contribution is -2.44. The molecule has 2 aromatic rings. The first-order valence-corrected chi connectivity index (χ1v) is 8.52. The number of hydrogen-bond acceptors (Lipinski definition) is 4. The lowest BCUT2D eigenvalue weighted by molar-refractivity contribution is -0.120. The van der Waals surface area contributed by atoms with Crippen molar-refractivity contribution in [2.75, 3.05) is 40.4 Å². The molecule has 1 amide bonds. The Labute approximate surface area is 153 Å². The van der Waals surface area contributed by atoms with Crippen LogP contribution < -0.4 is 16.0 Å². The molecule has 0 bridgehead atoms. The van der Waals surface area contributed by atoms with Crippen LogP contribution in [0.3, 0.4) is 0 Å². The van der Waals surface area contributed by atoms with Gasteiger partial charge in [0.05, 0.1) is 18.8 Å². The largest absolute Gasteiger partial charge is 0.383 e. The fourth-order valence-electron chi connectivity index (χ4n) is 2.30. The number of aliphatic imine (C=N–C) groups is 1. The van der Waals surface area contributed by atoms with Crippen LogP contribution in [0.1, 0.15) is 5.56 Å². The number of nitrogens with one attached hydrogen (secondary N) is 3. The third-order valence-electron chi connectivity index (χ3n) is 3.68. The number of rotatable bonds is 9. The van der Waals surface area contributed by atoms with Crippen LogP contribution >= 0.6 is 0 Å². The molecule has 26 heavy (non-hydrogen) atoms. The number of benzene rings is 1. The Morgan fingerprint density at radius 2 is 2.00 bits per heavy atom. The summed E-state index contributed by atoms with van der Waals surface area (Å²) < 4.78 is 6.71. The van der Waals surface area contributed by atoms with E-state index < -0.39 is 0 Å². The Bertz CT molecular complexity index is 682. The molecule has 8 nitrogen and oxygen atoms in total. The second-order valence-corrected chi connectivity index (χ2v) is 5.56. The van der Waals surface area contributed by atoms with E-state index in [0.29, 0.717) is 25.7 Å². The summed E-state index contributed by atoms with van der Waals surface area (Å²) >= 11 is 0. The molecule has 140 valence electrons. The van der Waals surface area contributed by atoms with Gasteiger partial charge in [-0.2, -0.15) is 5.10 Å². The van der Waals surface area contributed by atoms with Crippen LogP contribution in [0.2, 0.25) is 0 Å². The van der Waals surface area contributed by atoms with Crippen molar-refractivity contribution in [3.05, 3.63) is 48.3 Å². The molecule has 0 radical (unpaired) electrons. The van der Waals surface area contributed by atoms with Crippen LogP contribution in [0, 0.1) is 0 Å². The molecule has 0 fully saturated rings. The molecule has 0 aliphatic rings. The number of hydrogen-bond donors (Lipinski definition) is 3. The number of guanidine groups is 1. The molecule has 0 saturated heterocycles. The number of ether oxygens (including phenoxy) is 1. The average Bonchev–Trinajstić information content (AvgIpc) is 3.20. The first kappa shape index (κ1) is 19.5. The summed E-state index contributed by atoms with van der Waals surface area (Å²) in [6.07, 6.45) is 4.52. The minimum absolute atomic E-state index is 0.0980. The monoisotopic (exact) mass is 358 g/mol. The van der Waals surface area contributed by atoms with Gasteiger partial charge in [-0.25, -0.2) is 4.68 Å². The van der Waals surface area contributed by atoms with Gasteiger partial charge in [-0.3, -0.25) is 9.79 Å². The minimum atomic E-state index is -0.0980. The van der Waals surface area contributed by atoms with Crippen LogP contribution in [0.15, 0.2) is 47.7 Å². The third kappa shape index (κ3) is 6.56. The predicted molar refractivity (Wildman–Crippen MR) is 102 cm³/mol. The van der Waals surface area contributed by atoms with Crippen LogP contribution in [-0.4, -0.2) is 62.0 Å². The SMILES string of the molecule is CN=C(NCCc1ccc(-n2cccn2)cc1)NCC(=O)NCCOC. The fraction of sp³-hybridized carbons (Fsp3) is 0.389. The fourth-order valence-corrected chi connectivity index (χ4v) is 2.30. The van der Waals surface area contributed by atoms with Gasteiger partial charge in [0.2, 0.25) is 5.91 Å². The van der Waals surface area contributed by atoms with Crippen molar-refractivity contribution in [2.24, 2.45) is 4.99 Å². The normalized spacial score (nSPS) is 11.2. The Morgan fingerprint density at radius 3 is 2.65 bits per heavy atom. The summed E-state index contributed by atoms with van der Waals surface area (Å²) in [6.45, 7) is 1.88. The lowest BCUT2D eigenvalue weighted by atomic mass is 10.1. The first-order chi connectivity index (χ1) is 12.7. The van der Waals surface area contributed by atoms with E-state index in [1.165, 1.54) is 5.56 Å². The van der Waals surface area contributed by atoms with Crippen molar-refractivity contribution in [1.29, 1.82) is 0 Å². The van der Waals surface area contributed by atoms with Crippen LogP contribution in [0.4, 0.5) is 0 Å². The van der Waals surface area contributed by atoms with Gasteiger partial charge in [0.1, 0.15) is 0 Å². The van der Waals surface area contributed by atoms with Crippen molar-refractivity contribution in [1.82, 2.24) is 25.7 Å². The van der Waals surface area contributed by atoms with Gasteiger partial charge >= 0.3 is 0 Å². The standard InChI is InChI=1S/C18H26N6O2/c1-19-18(22-14-17(25)20-11-13-26-2)21-10-8-15-4-6-16(7-5-15)24-12-3-9-23-24/h3-7,9,12H,8,10-11,13-14H2,1-2H3,(H,20,25)(H2,19,21,22). The van der Waals surface area contributed by atoms with Crippen molar-refractivity contribution in [3.8, 4) is 5.69 Å². The Kier molecular flexibility index (Phi) is 8.14. The molecule has 3 N–H and O–H groups in total. The lowest BCUT2D eigenvalue weighted by Gasteiger charge is -2.12. The molecule has 1 heterocycles. The predicted octanol–water partition coefficient (Wildman–Crippen LogP) is 0.342. The molecule has 0 spiro atoms. The number of carbonyl (C=O) groups excluding carboxylic acids is 1. The maximum absolute atomic E-state index is 11.6. The average molecular weight is 358 g/mol. The summed E-state index contributed by atoms with van der Waals surface area (Å²) in [6, 6.07) is 10.1. The van der Waals surface area contributed by atoms with Gasteiger partial charge in [-0.1, -0.05) is 12.1 Å². The van der Waals surface area contributed by atoms with Gasteiger partial charge in [-0.05, 0) is 30.2 Å². The summed E-state index contributed by atoms with van der Waals surface area (Å²) in [7, 11) is 3.28.